The third kappa shape index (κ3) is 64.8. The van der Waals surface area contributed by atoms with Gasteiger partial charge in [0.25, 0.3) is 7.82 Å². The summed E-state index contributed by atoms with van der Waals surface area (Å²) < 4.78 is 23.5. The minimum Gasteiger partial charge on any atom is -0.756 e. The second kappa shape index (κ2) is 62.0. The molecule has 0 bridgehead atoms. The van der Waals surface area contributed by atoms with E-state index in [1.807, 2.05) is 21.1 Å². The summed E-state index contributed by atoms with van der Waals surface area (Å²) in [6, 6.07) is -0.814. The number of rotatable bonds is 62. The second-order valence-corrected chi connectivity index (χ2v) is 25.6. The summed E-state index contributed by atoms with van der Waals surface area (Å²) in [7, 11) is 1.29. The molecule has 470 valence electrons. The first-order chi connectivity index (χ1) is 39.5. The highest BCUT2D eigenvalue weighted by atomic mass is 31.2. The van der Waals surface area contributed by atoms with Gasteiger partial charge < -0.3 is 28.8 Å². The summed E-state index contributed by atoms with van der Waals surface area (Å²) in [5.74, 6) is -0.173. The Morgan fingerprint density at radius 3 is 1.10 bits per heavy atom. The SMILES string of the molecule is CC/C=C\C/C=C\C/C=C\C/C=C\C/C=C\C/C=C\C/C=C\C/C=C\CCCCCCCCCCC(=O)NC(COP(=O)([O-])OCC[N+](C)(C)C)C(O)CCCCCCCCCCCCCCCCCCCCCCCCCCCC. The van der Waals surface area contributed by atoms with Crippen LogP contribution in [0, 0.1) is 0 Å². The van der Waals surface area contributed by atoms with Gasteiger partial charge in [0.15, 0.2) is 0 Å². The molecule has 0 aliphatic carbocycles. The van der Waals surface area contributed by atoms with Crippen LogP contribution in [0.2, 0.25) is 0 Å². The molecule has 3 atom stereocenters. The Balaban J connectivity index is 4.13. The molecule has 0 aliphatic rings. The fourth-order valence-electron chi connectivity index (χ4n) is 9.82. The Hall–Kier alpha value is -2.58. The number of aliphatic hydroxyl groups is 1. The molecule has 0 aromatic heterocycles. The molecule has 0 aromatic rings. The minimum atomic E-state index is -4.59. The summed E-state index contributed by atoms with van der Waals surface area (Å²) in [6.07, 6.45) is 88.9. The summed E-state index contributed by atoms with van der Waals surface area (Å²) in [5.41, 5.74) is 0. The smallest absolute Gasteiger partial charge is 0.268 e. The number of nitrogens with one attached hydrogen (secondary N) is 1. The largest absolute Gasteiger partial charge is 0.756 e. The number of hydrogen-bond donors (Lipinski definition) is 2. The van der Waals surface area contributed by atoms with Crippen molar-refractivity contribution in [2.24, 2.45) is 0 Å². The lowest BCUT2D eigenvalue weighted by atomic mass is 10.0. The van der Waals surface area contributed by atoms with Gasteiger partial charge in [-0.3, -0.25) is 9.36 Å². The molecule has 0 aromatic carbocycles. The number of carbonyl (C=O) groups excluding carboxylic acids is 1. The second-order valence-electron chi connectivity index (χ2n) is 24.2. The average Bonchev–Trinajstić information content (AvgIpc) is 3.43. The molecular formula is C72H131N2O6P. The van der Waals surface area contributed by atoms with Crippen LogP contribution in [0.4, 0.5) is 0 Å². The van der Waals surface area contributed by atoms with E-state index in [-0.39, 0.29) is 19.1 Å². The Labute approximate surface area is 502 Å². The van der Waals surface area contributed by atoms with Gasteiger partial charge >= 0.3 is 0 Å². The van der Waals surface area contributed by atoms with Crippen molar-refractivity contribution in [1.29, 1.82) is 0 Å². The molecule has 1 amide bonds. The van der Waals surface area contributed by atoms with Crippen LogP contribution < -0.4 is 10.2 Å². The van der Waals surface area contributed by atoms with Crippen LogP contribution in [-0.4, -0.2) is 68.5 Å². The van der Waals surface area contributed by atoms with E-state index in [1.165, 1.54) is 180 Å². The van der Waals surface area contributed by atoms with Gasteiger partial charge in [0.05, 0.1) is 39.9 Å². The Kier molecular flexibility index (Phi) is 60.0. The highest BCUT2D eigenvalue weighted by Gasteiger charge is 2.24. The number of quaternary nitrogens is 1. The predicted octanol–water partition coefficient (Wildman–Crippen LogP) is 21.1. The van der Waals surface area contributed by atoms with Crippen LogP contribution in [0.5, 0.6) is 0 Å². The first-order valence-corrected chi connectivity index (χ1v) is 35.5. The molecule has 8 nitrogen and oxygen atoms in total. The molecule has 2 N–H and O–H groups in total. The van der Waals surface area contributed by atoms with Gasteiger partial charge in [0, 0.05) is 6.42 Å². The number of phosphoric acid groups is 1. The Morgan fingerprint density at radius 2 is 0.753 bits per heavy atom. The van der Waals surface area contributed by atoms with Gasteiger partial charge in [-0.2, -0.15) is 0 Å². The summed E-state index contributed by atoms with van der Waals surface area (Å²) >= 11 is 0. The lowest BCUT2D eigenvalue weighted by Gasteiger charge is -2.30. The van der Waals surface area contributed by atoms with Gasteiger partial charge in [-0.05, 0) is 77.0 Å². The maximum atomic E-state index is 13.1. The number of amides is 1. The topological polar surface area (TPSA) is 108 Å². The van der Waals surface area contributed by atoms with Gasteiger partial charge in [0.1, 0.15) is 13.2 Å². The number of carbonyl (C=O) groups is 1. The van der Waals surface area contributed by atoms with Crippen molar-refractivity contribution in [2.45, 2.75) is 315 Å². The van der Waals surface area contributed by atoms with Crippen molar-refractivity contribution >= 4 is 13.7 Å². The number of phosphoric ester groups is 1. The van der Waals surface area contributed by atoms with E-state index in [4.69, 9.17) is 9.05 Å². The summed E-state index contributed by atoms with van der Waals surface area (Å²) in [5, 5.41) is 14.1. The normalized spacial score (nSPS) is 14.3. The van der Waals surface area contributed by atoms with Gasteiger partial charge in [0.2, 0.25) is 5.91 Å². The third-order valence-electron chi connectivity index (χ3n) is 15.1. The Bertz CT molecular complexity index is 1640. The molecule has 0 rings (SSSR count). The highest BCUT2D eigenvalue weighted by molar-refractivity contribution is 7.45. The highest BCUT2D eigenvalue weighted by Crippen LogP contribution is 2.38. The number of unbranched alkanes of at least 4 members (excludes halogenated alkanes) is 33. The van der Waals surface area contributed by atoms with E-state index >= 15 is 0 Å². The van der Waals surface area contributed by atoms with Gasteiger partial charge in [-0.15, -0.1) is 0 Å². The number of aliphatic hydroxyl groups excluding tert-OH is 1. The molecule has 0 spiro atoms. The number of likely N-dealkylation sites (N-methyl/N-ethyl adjacent to an activating group) is 1. The van der Waals surface area contributed by atoms with E-state index in [1.54, 1.807) is 0 Å². The zero-order valence-corrected chi connectivity index (χ0v) is 54.6. The zero-order chi connectivity index (χ0) is 59.1. The van der Waals surface area contributed by atoms with Crippen LogP contribution in [-0.2, 0) is 18.4 Å². The first kappa shape index (κ1) is 78.4. The lowest BCUT2D eigenvalue weighted by Crippen LogP contribution is -2.46. The third-order valence-corrected chi connectivity index (χ3v) is 16.1. The fraction of sp³-hybridized carbons (Fsp3) is 0.764. The standard InChI is InChI=1S/C72H131N2O6P/c1-6-8-10-12-14-16-18-20-22-24-26-28-30-32-34-35-36-37-38-39-40-42-44-46-48-50-52-54-56-58-60-62-64-66-72(76)73-70(69-80-81(77,78)79-68-67-74(3,4)5)71(75)65-63-61-59-57-55-53-51-49-47-45-43-41-33-31-29-27-25-23-21-19-17-15-13-11-9-7-2/h8,10,14,16,20,22,26,28,32,34,36-37,39-40,44,46,70-71,75H,6-7,9,11-13,15,17-19,21,23-25,27,29-31,33,35,38,41-43,45,47-69H2,1-5H3,(H-,73,76,77,78)/b10-8-,16-14-,22-20-,28-26-,34-32-,37-36-,40-39-,46-44-. The minimum absolute atomic E-state index is 0.00648. The number of allylic oxidation sites excluding steroid dienone is 16. The van der Waals surface area contributed by atoms with Crippen molar-refractivity contribution in [3.63, 3.8) is 0 Å². The van der Waals surface area contributed by atoms with Crippen LogP contribution in [0.3, 0.4) is 0 Å². The molecule has 9 heteroatoms. The fourth-order valence-corrected chi connectivity index (χ4v) is 10.5. The molecule has 81 heavy (non-hydrogen) atoms. The lowest BCUT2D eigenvalue weighted by molar-refractivity contribution is -0.870. The van der Waals surface area contributed by atoms with E-state index in [9.17, 15) is 19.4 Å². The van der Waals surface area contributed by atoms with E-state index in [0.717, 1.165) is 96.3 Å². The van der Waals surface area contributed by atoms with Crippen molar-refractivity contribution < 1.29 is 32.9 Å². The molecule has 0 saturated heterocycles. The van der Waals surface area contributed by atoms with Crippen LogP contribution in [0.15, 0.2) is 97.2 Å². The maximum absolute atomic E-state index is 13.1. The predicted molar refractivity (Wildman–Crippen MR) is 353 cm³/mol. The maximum Gasteiger partial charge on any atom is 0.268 e. The Morgan fingerprint density at radius 1 is 0.444 bits per heavy atom. The molecular weight excluding hydrogens is 1020 g/mol. The van der Waals surface area contributed by atoms with Crippen molar-refractivity contribution in [2.75, 3.05) is 40.9 Å². The van der Waals surface area contributed by atoms with Gasteiger partial charge in [-0.25, -0.2) is 0 Å². The molecule has 3 unspecified atom stereocenters. The van der Waals surface area contributed by atoms with E-state index in [0.29, 0.717) is 23.9 Å². The van der Waals surface area contributed by atoms with Crippen molar-refractivity contribution in [3.8, 4) is 0 Å². The molecule has 0 heterocycles. The van der Waals surface area contributed by atoms with Crippen LogP contribution >= 0.6 is 7.82 Å². The van der Waals surface area contributed by atoms with Crippen LogP contribution in [0.1, 0.15) is 303 Å². The van der Waals surface area contributed by atoms with Crippen molar-refractivity contribution in [1.82, 2.24) is 5.32 Å². The van der Waals surface area contributed by atoms with Crippen molar-refractivity contribution in [3.05, 3.63) is 97.2 Å². The molecule has 0 radical (unpaired) electrons. The van der Waals surface area contributed by atoms with E-state index in [2.05, 4.69) is 116 Å². The summed E-state index contributed by atoms with van der Waals surface area (Å²) in [6.45, 7) is 4.63. The molecule has 0 saturated carbocycles. The summed E-state index contributed by atoms with van der Waals surface area (Å²) in [4.78, 5) is 25.7. The van der Waals surface area contributed by atoms with E-state index < -0.39 is 20.0 Å². The number of hydrogen-bond acceptors (Lipinski definition) is 6. The van der Waals surface area contributed by atoms with Crippen LogP contribution in [0.25, 0.3) is 0 Å². The zero-order valence-electron chi connectivity index (χ0n) is 53.7. The number of nitrogens with zero attached hydrogens (tertiary/aromatic N) is 1. The van der Waals surface area contributed by atoms with Gasteiger partial charge in [-0.1, -0.05) is 317 Å². The quantitative estimate of drug-likeness (QED) is 0.0272. The first-order valence-electron chi connectivity index (χ1n) is 34.1. The monoisotopic (exact) mass is 1150 g/mol. The average molecular weight is 1150 g/mol. The molecule has 0 fully saturated rings. The molecule has 0 aliphatic heterocycles.